The molecule has 0 bridgehead atoms. The van der Waals surface area contributed by atoms with Gasteiger partial charge in [-0.3, -0.25) is 9.78 Å². The number of nitrogens with zero attached hydrogens (tertiary/aromatic N) is 1. The first-order chi connectivity index (χ1) is 13.7. The Labute approximate surface area is 165 Å². The summed E-state index contributed by atoms with van der Waals surface area (Å²) in [5, 5.41) is 5.17. The van der Waals surface area contributed by atoms with Gasteiger partial charge < -0.3 is 5.32 Å². The van der Waals surface area contributed by atoms with Crippen molar-refractivity contribution in [2.45, 2.75) is 19.8 Å². The number of hydrogen-bond donors (Lipinski definition) is 1. The van der Waals surface area contributed by atoms with Crippen LogP contribution in [0.15, 0.2) is 85.1 Å². The average Bonchev–Trinajstić information content (AvgIpc) is 2.75. The summed E-state index contributed by atoms with van der Waals surface area (Å²) in [4.78, 5) is 17.2. The van der Waals surface area contributed by atoms with E-state index >= 15 is 0 Å². The van der Waals surface area contributed by atoms with Gasteiger partial charge in [-0.2, -0.15) is 0 Å². The summed E-state index contributed by atoms with van der Waals surface area (Å²) < 4.78 is 0. The van der Waals surface area contributed by atoms with Gasteiger partial charge in [-0.1, -0.05) is 67.9 Å². The molecule has 0 saturated carbocycles. The molecule has 4 rings (SSSR count). The first kappa shape index (κ1) is 17.9. The zero-order chi connectivity index (χ0) is 19.3. The molecule has 0 spiro atoms. The molecule has 0 aliphatic heterocycles. The number of carbonyl (C=O) groups is 1. The van der Waals surface area contributed by atoms with Gasteiger partial charge in [-0.05, 0) is 41.6 Å². The first-order valence-corrected chi connectivity index (χ1v) is 9.59. The Hall–Kier alpha value is -3.46. The monoisotopic (exact) mass is 366 g/mol. The lowest BCUT2D eigenvalue weighted by Gasteiger charge is -2.09. The lowest BCUT2D eigenvalue weighted by Crippen LogP contribution is -2.12. The maximum atomic E-state index is 12.7. The standard InChI is InChI=1S/C25H22N2O/c1-2-6-18-11-16-23(26-17-18)20-12-14-21(15-13-20)25(28)27-24-10-5-8-19-7-3-4-9-22(19)24/h3-5,7-17H,2,6H2,1H3,(H,27,28). The topological polar surface area (TPSA) is 42.0 Å². The number of nitrogens with one attached hydrogen (secondary N) is 1. The van der Waals surface area contributed by atoms with Crippen molar-refractivity contribution in [1.29, 1.82) is 0 Å². The molecular formula is C25H22N2O. The van der Waals surface area contributed by atoms with E-state index in [0.29, 0.717) is 5.56 Å². The molecule has 1 amide bonds. The maximum Gasteiger partial charge on any atom is 0.255 e. The van der Waals surface area contributed by atoms with E-state index in [-0.39, 0.29) is 5.91 Å². The Kier molecular flexibility index (Phi) is 5.16. The molecule has 28 heavy (non-hydrogen) atoms. The van der Waals surface area contributed by atoms with Crippen LogP contribution in [-0.4, -0.2) is 10.9 Å². The number of hydrogen-bond acceptors (Lipinski definition) is 2. The average molecular weight is 366 g/mol. The van der Waals surface area contributed by atoms with Crippen LogP contribution in [0.5, 0.6) is 0 Å². The third kappa shape index (κ3) is 3.79. The van der Waals surface area contributed by atoms with Gasteiger partial charge in [0.1, 0.15) is 0 Å². The van der Waals surface area contributed by atoms with E-state index in [2.05, 4.69) is 23.3 Å². The molecule has 3 heteroatoms. The van der Waals surface area contributed by atoms with Crippen LogP contribution in [0.1, 0.15) is 29.3 Å². The second-order valence-electron chi connectivity index (χ2n) is 6.86. The number of aryl methyl sites for hydroxylation is 1. The smallest absolute Gasteiger partial charge is 0.255 e. The van der Waals surface area contributed by atoms with Crippen molar-refractivity contribution >= 4 is 22.4 Å². The Balaban J connectivity index is 1.52. The summed E-state index contributed by atoms with van der Waals surface area (Å²) in [5.41, 5.74) is 4.61. The Morgan fingerprint density at radius 3 is 2.43 bits per heavy atom. The lowest BCUT2D eigenvalue weighted by atomic mass is 10.1. The van der Waals surface area contributed by atoms with E-state index in [1.54, 1.807) is 0 Å². The van der Waals surface area contributed by atoms with Crippen molar-refractivity contribution in [1.82, 2.24) is 4.98 Å². The number of benzene rings is 3. The number of anilines is 1. The summed E-state index contributed by atoms with van der Waals surface area (Å²) in [6.45, 7) is 2.16. The quantitative estimate of drug-likeness (QED) is 0.463. The van der Waals surface area contributed by atoms with Crippen LogP contribution in [0.3, 0.4) is 0 Å². The Morgan fingerprint density at radius 2 is 1.68 bits per heavy atom. The van der Waals surface area contributed by atoms with Crippen LogP contribution in [0, 0.1) is 0 Å². The lowest BCUT2D eigenvalue weighted by molar-refractivity contribution is 0.102. The summed E-state index contributed by atoms with van der Waals surface area (Å²) >= 11 is 0. The predicted octanol–water partition coefficient (Wildman–Crippen LogP) is 6.11. The molecule has 0 aliphatic carbocycles. The second-order valence-corrected chi connectivity index (χ2v) is 6.86. The van der Waals surface area contributed by atoms with Crippen molar-refractivity contribution in [3.8, 4) is 11.3 Å². The minimum atomic E-state index is -0.117. The highest BCUT2D eigenvalue weighted by Crippen LogP contribution is 2.24. The van der Waals surface area contributed by atoms with Crippen molar-refractivity contribution in [2.24, 2.45) is 0 Å². The molecule has 1 heterocycles. The van der Waals surface area contributed by atoms with Crippen LogP contribution in [-0.2, 0) is 6.42 Å². The van der Waals surface area contributed by atoms with Gasteiger partial charge in [0.15, 0.2) is 0 Å². The SMILES string of the molecule is CCCc1ccc(-c2ccc(C(=O)Nc3cccc4ccccc34)cc2)nc1. The van der Waals surface area contributed by atoms with Crippen LogP contribution < -0.4 is 5.32 Å². The Morgan fingerprint density at radius 1 is 0.893 bits per heavy atom. The van der Waals surface area contributed by atoms with E-state index in [0.717, 1.165) is 40.6 Å². The van der Waals surface area contributed by atoms with Gasteiger partial charge in [0, 0.05) is 28.4 Å². The van der Waals surface area contributed by atoms with Gasteiger partial charge in [0.05, 0.1) is 5.69 Å². The Bertz CT molecular complexity index is 1090. The number of pyridine rings is 1. The van der Waals surface area contributed by atoms with Crippen LogP contribution in [0.2, 0.25) is 0 Å². The molecular weight excluding hydrogens is 344 g/mol. The fraction of sp³-hybridized carbons (Fsp3) is 0.120. The van der Waals surface area contributed by atoms with E-state index in [1.807, 2.05) is 79.0 Å². The fourth-order valence-electron chi connectivity index (χ4n) is 3.35. The molecule has 3 nitrogen and oxygen atoms in total. The number of fused-ring (bicyclic) bond motifs is 1. The van der Waals surface area contributed by atoms with Crippen molar-refractivity contribution < 1.29 is 4.79 Å². The van der Waals surface area contributed by atoms with Gasteiger partial charge >= 0.3 is 0 Å². The fourth-order valence-corrected chi connectivity index (χ4v) is 3.35. The summed E-state index contributed by atoms with van der Waals surface area (Å²) in [7, 11) is 0. The van der Waals surface area contributed by atoms with E-state index in [1.165, 1.54) is 5.56 Å². The molecule has 3 aromatic carbocycles. The highest BCUT2D eigenvalue weighted by atomic mass is 16.1. The number of aromatic nitrogens is 1. The van der Waals surface area contributed by atoms with Gasteiger partial charge in [-0.15, -0.1) is 0 Å². The molecule has 138 valence electrons. The van der Waals surface area contributed by atoms with Crippen LogP contribution in [0.4, 0.5) is 5.69 Å². The number of amides is 1. The summed E-state index contributed by atoms with van der Waals surface area (Å²) in [6.07, 6.45) is 4.09. The number of carbonyl (C=O) groups excluding carboxylic acids is 1. The molecule has 0 aliphatic rings. The summed E-state index contributed by atoms with van der Waals surface area (Å²) in [6, 6.07) is 25.7. The minimum absolute atomic E-state index is 0.117. The molecule has 0 unspecified atom stereocenters. The van der Waals surface area contributed by atoms with Crippen molar-refractivity contribution in [2.75, 3.05) is 5.32 Å². The van der Waals surface area contributed by atoms with Gasteiger partial charge in [0.2, 0.25) is 0 Å². The largest absolute Gasteiger partial charge is 0.321 e. The van der Waals surface area contributed by atoms with E-state index < -0.39 is 0 Å². The molecule has 1 N–H and O–H groups in total. The van der Waals surface area contributed by atoms with Gasteiger partial charge in [-0.25, -0.2) is 0 Å². The van der Waals surface area contributed by atoms with Crippen LogP contribution in [0.25, 0.3) is 22.0 Å². The predicted molar refractivity (Wildman–Crippen MR) is 116 cm³/mol. The third-order valence-electron chi connectivity index (χ3n) is 4.84. The maximum absolute atomic E-state index is 12.7. The molecule has 4 aromatic rings. The highest BCUT2D eigenvalue weighted by molar-refractivity contribution is 6.09. The molecule has 1 aromatic heterocycles. The normalized spacial score (nSPS) is 10.8. The van der Waals surface area contributed by atoms with Crippen LogP contribution >= 0.6 is 0 Å². The third-order valence-corrected chi connectivity index (χ3v) is 4.84. The number of rotatable bonds is 5. The second kappa shape index (κ2) is 8.05. The molecule has 0 fully saturated rings. The zero-order valence-electron chi connectivity index (χ0n) is 15.9. The van der Waals surface area contributed by atoms with Crippen molar-refractivity contribution in [3.63, 3.8) is 0 Å². The van der Waals surface area contributed by atoms with Gasteiger partial charge in [0.25, 0.3) is 5.91 Å². The highest BCUT2D eigenvalue weighted by Gasteiger charge is 2.09. The first-order valence-electron chi connectivity index (χ1n) is 9.59. The molecule has 0 atom stereocenters. The van der Waals surface area contributed by atoms with Crippen molar-refractivity contribution in [3.05, 3.63) is 96.2 Å². The summed E-state index contributed by atoms with van der Waals surface area (Å²) in [5.74, 6) is -0.117. The minimum Gasteiger partial charge on any atom is -0.321 e. The molecule has 0 saturated heterocycles. The molecule has 0 radical (unpaired) electrons. The zero-order valence-corrected chi connectivity index (χ0v) is 15.9. The van der Waals surface area contributed by atoms with E-state index in [4.69, 9.17) is 0 Å². The van der Waals surface area contributed by atoms with E-state index in [9.17, 15) is 4.79 Å².